The molecule has 124 valence electrons. The molecule has 4 heteroatoms. The molecule has 0 radical (unpaired) electrons. The van der Waals surface area contributed by atoms with Crippen molar-refractivity contribution in [3.8, 4) is 0 Å². The van der Waals surface area contributed by atoms with Crippen molar-refractivity contribution < 1.29 is 9.53 Å². The number of ether oxygens (including phenoxy) is 1. The van der Waals surface area contributed by atoms with Crippen molar-refractivity contribution in [3.05, 3.63) is 0 Å². The Balaban J connectivity index is 2.67. The van der Waals surface area contributed by atoms with Gasteiger partial charge in [-0.2, -0.15) is 0 Å². The van der Waals surface area contributed by atoms with Crippen LogP contribution in [0, 0.1) is 11.3 Å². The number of carbonyl (C=O) groups is 1. The van der Waals surface area contributed by atoms with Gasteiger partial charge in [0.1, 0.15) is 5.54 Å². The molecule has 1 N–H and O–H groups in total. The highest BCUT2D eigenvalue weighted by molar-refractivity contribution is 5.80. The first-order valence-electron chi connectivity index (χ1n) is 8.21. The Morgan fingerprint density at radius 1 is 1.38 bits per heavy atom. The molecule has 0 aromatic heterocycles. The number of likely N-dealkylation sites (tertiary alicyclic amines) is 1. The second kappa shape index (κ2) is 7.10. The van der Waals surface area contributed by atoms with Crippen molar-refractivity contribution in [1.82, 2.24) is 10.2 Å². The van der Waals surface area contributed by atoms with Gasteiger partial charge in [-0.1, -0.05) is 27.7 Å². The van der Waals surface area contributed by atoms with Crippen molar-refractivity contribution in [3.63, 3.8) is 0 Å². The summed E-state index contributed by atoms with van der Waals surface area (Å²) in [4.78, 5) is 14.6. The summed E-state index contributed by atoms with van der Waals surface area (Å²) in [7, 11) is 1.47. The summed E-state index contributed by atoms with van der Waals surface area (Å²) >= 11 is 0. The standard InChI is InChI=1S/C17H34N2O2/c1-8-18-17(6,15(20)21-7)11-13(2)19-10-9-14(12-19)16(3,4)5/h13-14,18H,8-12H2,1-7H3. The SMILES string of the molecule is CCNC(C)(CC(C)N1CCC(C(C)(C)C)C1)C(=O)OC. The Labute approximate surface area is 130 Å². The quantitative estimate of drug-likeness (QED) is 0.766. The zero-order chi connectivity index (χ0) is 16.3. The van der Waals surface area contributed by atoms with Crippen LogP contribution in [0.25, 0.3) is 0 Å². The van der Waals surface area contributed by atoms with Crippen LogP contribution < -0.4 is 5.32 Å². The molecule has 1 rings (SSSR count). The normalized spacial score (nSPS) is 24.6. The average molecular weight is 298 g/mol. The highest BCUT2D eigenvalue weighted by atomic mass is 16.5. The van der Waals surface area contributed by atoms with Crippen LogP contribution in [0.5, 0.6) is 0 Å². The van der Waals surface area contributed by atoms with Gasteiger partial charge in [0, 0.05) is 12.6 Å². The summed E-state index contributed by atoms with van der Waals surface area (Å²) in [6.45, 7) is 16.2. The third kappa shape index (κ3) is 4.68. The van der Waals surface area contributed by atoms with E-state index in [9.17, 15) is 4.79 Å². The van der Waals surface area contributed by atoms with Crippen LogP contribution in [0.4, 0.5) is 0 Å². The van der Waals surface area contributed by atoms with Gasteiger partial charge in [-0.25, -0.2) is 0 Å². The molecule has 0 saturated carbocycles. The van der Waals surface area contributed by atoms with Gasteiger partial charge in [-0.15, -0.1) is 0 Å². The molecule has 0 aromatic carbocycles. The fourth-order valence-corrected chi connectivity index (χ4v) is 3.46. The van der Waals surface area contributed by atoms with E-state index in [0.29, 0.717) is 11.5 Å². The van der Waals surface area contributed by atoms with E-state index in [0.717, 1.165) is 32.0 Å². The van der Waals surface area contributed by atoms with Crippen LogP contribution in [0.1, 0.15) is 54.4 Å². The largest absolute Gasteiger partial charge is 0.468 e. The maximum absolute atomic E-state index is 12.1. The predicted molar refractivity (Wildman–Crippen MR) is 87.3 cm³/mol. The number of methoxy groups -OCH3 is 1. The number of nitrogens with one attached hydrogen (secondary N) is 1. The third-order valence-corrected chi connectivity index (χ3v) is 4.97. The lowest BCUT2D eigenvalue weighted by Crippen LogP contribution is -2.53. The van der Waals surface area contributed by atoms with Crippen LogP contribution >= 0.6 is 0 Å². The lowest BCUT2D eigenvalue weighted by atomic mass is 9.80. The molecule has 0 aromatic rings. The van der Waals surface area contributed by atoms with Gasteiger partial charge in [-0.05, 0) is 51.1 Å². The summed E-state index contributed by atoms with van der Waals surface area (Å²) < 4.78 is 4.99. The molecule has 1 heterocycles. The fourth-order valence-electron chi connectivity index (χ4n) is 3.46. The van der Waals surface area contributed by atoms with E-state index < -0.39 is 5.54 Å². The fraction of sp³-hybridized carbons (Fsp3) is 0.941. The van der Waals surface area contributed by atoms with E-state index in [1.807, 2.05) is 13.8 Å². The molecule has 1 saturated heterocycles. The maximum atomic E-state index is 12.1. The monoisotopic (exact) mass is 298 g/mol. The number of esters is 1. The minimum Gasteiger partial charge on any atom is -0.468 e. The van der Waals surface area contributed by atoms with Crippen molar-refractivity contribution in [2.24, 2.45) is 11.3 Å². The molecule has 1 fully saturated rings. The van der Waals surface area contributed by atoms with Gasteiger partial charge in [0.05, 0.1) is 7.11 Å². The number of nitrogens with zero attached hydrogens (tertiary/aromatic N) is 1. The molecular weight excluding hydrogens is 264 g/mol. The van der Waals surface area contributed by atoms with E-state index in [1.165, 1.54) is 13.5 Å². The second-order valence-corrected chi connectivity index (χ2v) is 7.75. The summed E-state index contributed by atoms with van der Waals surface area (Å²) in [5, 5.41) is 3.30. The van der Waals surface area contributed by atoms with E-state index in [4.69, 9.17) is 4.74 Å². The number of rotatable bonds is 6. The first kappa shape index (κ1) is 18.4. The summed E-state index contributed by atoms with van der Waals surface area (Å²) in [6, 6.07) is 0.375. The van der Waals surface area contributed by atoms with Crippen LogP contribution in [0.3, 0.4) is 0 Å². The van der Waals surface area contributed by atoms with E-state index in [1.54, 1.807) is 0 Å². The second-order valence-electron chi connectivity index (χ2n) is 7.75. The molecule has 0 bridgehead atoms. The van der Waals surface area contributed by atoms with E-state index >= 15 is 0 Å². The van der Waals surface area contributed by atoms with Crippen molar-refractivity contribution >= 4 is 5.97 Å². The minimum absolute atomic E-state index is 0.164. The van der Waals surface area contributed by atoms with Gasteiger partial charge < -0.3 is 15.0 Å². The number of hydrogen-bond acceptors (Lipinski definition) is 4. The predicted octanol–water partition coefficient (Wildman–Crippen LogP) is 2.67. The lowest BCUT2D eigenvalue weighted by molar-refractivity contribution is -0.148. The topological polar surface area (TPSA) is 41.6 Å². The molecule has 0 aliphatic carbocycles. The van der Waals surface area contributed by atoms with Crippen LogP contribution in [-0.2, 0) is 9.53 Å². The zero-order valence-electron chi connectivity index (χ0n) is 15.0. The number of carbonyl (C=O) groups excluding carboxylic acids is 1. The summed E-state index contributed by atoms with van der Waals surface area (Å²) in [6.07, 6.45) is 2.04. The van der Waals surface area contributed by atoms with Crippen molar-refractivity contribution in [2.75, 3.05) is 26.7 Å². The average Bonchev–Trinajstić information content (AvgIpc) is 2.87. The molecule has 3 atom stereocenters. The Kier molecular flexibility index (Phi) is 6.23. The molecule has 0 amide bonds. The lowest BCUT2D eigenvalue weighted by Gasteiger charge is -2.35. The Morgan fingerprint density at radius 2 is 2.00 bits per heavy atom. The van der Waals surface area contributed by atoms with Crippen LogP contribution in [-0.4, -0.2) is 49.2 Å². The maximum Gasteiger partial charge on any atom is 0.325 e. The van der Waals surface area contributed by atoms with Crippen molar-refractivity contribution in [2.45, 2.75) is 66.0 Å². The van der Waals surface area contributed by atoms with Gasteiger partial charge in [0.2, 0.25) is 0 Å². The van der Waals surface area contributed by atoms with E-state index in [2.05, 4.69) is 37.9 Å². The Morgan fingerprint density at radius 3 is 2.43 bits per heavy atom. The molecule has 0 spiro atoms. The minimum atomic E-state index is -0.595. The highest BCUT2D eigenvalue weighted by Gasteiger charge is 2.39. The number of hydrogen-bond donors (Lipinski definition) is 1. The Bertz CT molecular complexity index is 351. The smallest absolute Gasteiger partial charge is 0.325 e. The third-order valence-electron chi connectivity index (χ3n) is 4.97. The first-order chi connectivity index (χ1) is 9.64. The molecule has 4 nitrogen and oxygen atoms in total. The molecular formula is C17H34N2O2. The van der Waals surface area contributed by atoms with Gasteiger partial charge in [0.15, 0.2) is 0 Å². The number of likely N-dealkylation sites (N-methyl/N-ethyl adjacent to an activating group) is 1. The first-order valence-corrected chi connectivity index (χ1v) is 8.21. The molecule has 21 heavy (non-hydrogen) atoms. The highest BCUT2D eigenvalue weighted by Crippen LogP contribution is 2.35. The van der Waals surface area contributed by atoms with E-state index in [-0.39, 0.29) is 5.97 Å². The van der Waals surface area contributed by atoms with Gasteiger partial charge in [0.25, 0.3) is 0 Å². The van der Waals surface area contributed by atoms with Gasteiger partial charge in [-0.3, -0.25) is 4.79 Å². The van der Waals surface area contributed by atoms with Gasteiger partial charge >= 0.3 is 5.97 Å². The molecule has 1 aliphatic heterocycles. The zero-order valence-corrected chi connectivity index (χ0v) is 15.0. The van der Waals surface area contributed by atoms with Crippen molar-refractivity contribution in [1.29, 1.82) is 0 Å². The van der Waals surface area contributed by atoms with Crippen LogP contribution in [0.15, 0.2) is 0 Å². The summed E-state index contributed by atoms with van der Waals surface area (Å²) in [5.74, 6) is 0.575. The van der Waals surface area contributed by atoms with Crippen LogP contribution in [0.2, 0.25) is 0 Å². The molecule has 1 aliphatic rings. The Hall–Kier alpha value is -0.610. The summed E-state index contributed by atoms with van der Waals surface area (Å²) in [5.41, 5.74) is -0.232. The molecule has 3 unspecified atom stereocenters.